The third kappa shape index (κ3) is 4.16. The van der Waals surface area contributed by atoms with Crippen molar-refractivity contribution in [1.82, 2.24) is 4.31 Å². The molecule has 0 atom stereocenters. The van der Waals surface area contributed by atoms with Crippen LogP contribution >= 0.6 is 11.3 Å². The van der Waals surface area contributed by atoms with Crippen molar-refractivity contribution in [2.45, 2.75) is 11.8 Å². The molecule has 0 N–H and O–H groups in total. The summed E-state index contributed by atoms with van der Waals surface area (Å²) in [6.07, 6.45) is 5.40. The van der Waals surface area contributed by atoms with Crippen LogP contribution in [0.1, 0.15) is 10.4 Å². The zero-order chi connectivity index (χ0) is 16.0. The molecular weight excluding hydrogens is 314 g/mol. The van der Waals surface area contributed by atoms with Crippen LogP contribution in [0.4, 0.5) is 0 Å². The Morgan fingerprint density at radius 2 is 1.91 bits per heavy atom. The van der Waals surface area contributed by atoms with E-state index in [1.54, 1.807) is 41.7 Å². The van der Waals surface area contributed by atoms with E-state index >= 15 is 0 Å². The van der Waals surface area contributed by atoms with Gasteiger partial charge in [0.05, 0.1) is 4.90 Å². The van der Waals surface area contributed by atoms with Crippen molar-refractivity contribution in [2.24, 2.45) is 0 Å². The number of hydrogen-bond acceptors (Lipinski definition) is 3. The van der Waals surface area contributed by atoms with E-state index in [0.29, 0.717) is 11.4 Å². The van der Waals surface area contributed by atoms with Gasteiger partial charge in [0.25, 0.3) is 0 Å². The first-order chi connectivity index (χ1) is 10.5. The molecule has 0 spiro atoms. The third-order valence-corrected chi connectivity index (χ3v) is 5.81. The van der Waals surface area contributed by atoms with Gasteiger partial charge in [-0.25, -0.2) is 8.42 Å². The summed E-state index contributed by atoms with van der Waals surface area (Å²) in [4.78, 5) is 1.41. The van der Waals surface area contributed by atoms with Gasteiger partial charge in [0.2, 0.25) is 10.0 Å². The minimum Gasteiger partial charge on any atom is -0.207 e. The van der Waals surface area contributed by atoms with Gasteiger partial charge in [-0.05, 0) is 36.6 Å². The molecule has 0 unspecified atom stereocenters. The summed E-state index contributed by atoms with van der Waals surface area (Å²) in [5.74, 6) is 0. The monoisotopic (exact) mass is 333 g/mol. The maximum absolute atomic E-state index is 12.7. The van der Waals surface area contributed by atoms with Crippen LogP contribution in [-0.4, -0.2) is 25.8 Å². The molecule has 1 heterocycles. The number of thiophene rings is 1. The molecule has 0 aliphatic rings. The molecule has 0 saturated carbocycles. The summed E-state index contributed by atoms with van der Waals surface area (Å²) in [6, 6.07) is 10.9. The van der Waals surface area contributed by atoms with Crippen molar-refractivity contribution in [1.29, 1.82) is 0 Å². The van der Waals surface area contributed by atoms with Crippen molar-refractivity contribution in [2.75, 3.05) is 13.1 Å². The molecule has 0 saturated heterocycles. The van der Waals surface area contributed by atoms with E-state index in [9.17, 15) is 8.42 Å². The Balaban J connectivity index is 2.18. The SMILES string of the molecule is C=CCN(C/C=C/c1cccs1)S(=O)(=O)c1ccc(C)cc1. The van der Waals surface area contributed by atoms with E-state index in [4.69, 9.17) is 0 Å². The van der Waals surface area contributed by atoms with Crippen LogP contribution in [0, 0.1) is 6.92 Å². The number of benzene rings is 1. The average Bonchev–Trinajstić information content (AvgIpc) is 3.00. The van der Waals surface area contributed by atoms with Gasteiger partial charge in [0.15, 0.2) is 0 Å². The van der Waals surface area contributed by atoms with E-state index in [1.807, 2.05) is 36.6 Å². The number of rotatable bonds is 7. The Kier molecular flexibility index (Phi) is 5.71. The molecule has 116 valence electrons. The molecule has 0 fully saturated rings. The number of aryl methyl sites for hydroxylation is 1. The van der Waals surface area contributed by atoms with E-state index < -0.39 is 10.0 Å². The first-order valence-electron chi connectivity index (χ1n) is 6.92. The summed E-state index contributed by atoms with van der Waals surface area (Å²) in [7, 11) is -3.51. The van der Waals surface area contributed by atoms with Gasteiger partial charge in [-0.15, -0.1) is 17.9 Å². The fraction of sp³-hybridized carbons (Fsp3) is 0.176. The smallest absolute Gasteiger partial charge is 0.207 e. The van der Waals surface area contributed by atoms with Crippen molar-refractivity contribution in [3.05, 3.63) is 70.9 Å². The highest BCUT2D eigenvalue weighted by molar-refractivity contribution is 7.89. The zero-order valence-electron chi connectivity index (χ0n) is 12.5. The topological polar surface area (TPSA) is 37.4 Å². The van der Waals surface area contributed by atoms with E-state index in [-0.39, 0.29) is 6.54 Å². The van der Waals surface area contributed by atoms with Crippen molar-refractivity contribution in [3.8, 4) is 0 Å². The van der Waals surface area contributed by atoms with E-state index in [0.717, 1.165) is 10.4 Å². The first kappa shape index (κ1) is 16.7. The van der Waals surface area contributed by atoms with Gasteiger partial charge in [-0.1, -0.05) is 35.9 Å². The maximum Gasteiger partial charge on any atom is 0.243 e. The Morgan fingerprint density at radius 1 is 1.18 bits per heavy atom. The molecule has 1 aromatic carbocycles. The predicted octanol–water partition coefficient (Wildman–Crippen LogP) is 3.95. The van der Waals surface area contributed by atoms with Gasteiger partial charge in [0, 0.05) is 18.0 Å². The van der Waals surface area contributed by atoms with Gasteiger partial charge in [0.1, 0.15) is 0 Å². The second-order valence-corrected chi connectivity index (χ2v) is 7.76. The molecule has 1 aromatic heterocycles. The molecule has 0 amide bonds. The highest BCUT2D eigenvalue weighted by Crippen LogP contribution is 2.17. The fourth-order valence-electron chi connectivity index (χ4n) is 1.95. The average molecular weight is 333 g/mol. The van der Waals surface area contributed by atoms with Crippen LogP contribution in [0.25, 0.3) is 6.08 Å². The molecule has 22 heavy (non-hydrogen) atoms. The molecule has 2 rings (SSSR count). The molecule has 2 aromatic rings. The standard InChI is InChI=1S/C17H19NO2S2/c1-3-12-18(13-4-6-16-7-5-14-21-16)22(19,20)17-10-8-15(2)9-11-17/h3-11,14H,1,12-13H2,2H3/b6-4+. The molecular formula is C17H19NO2S2. The van der Waals surface area contributed by atoms with Crippen LogP contribution in [-0.2, 0) is 10.0 Å². The van der Waals surface area contributed by atoms with Crippen molar-refractivity contribution in [3.63, 3.8) is 0 Å². The predicted molar refractivity (Wildman–Crippen MR) is 93.5 cm³/mol. The van der Waals surface area contributed by atoms with Gasteiger partial charge in [-0.3, -0.25) is 0 Å². The minimum atomic E-state index is -3.51. The van der Waals surface area contributed by atoms with Crippen LogP contribution < -0.4 is 0 Å². The zero-order valence-corrected chi connectivity index (χ0v) is 14.1. The van der Waals surface area contributed by atoms with Crippen molar-refractivity contribution >= 4 is 27.4 Å². The molecule has 3 nitrogen and oxygen atoms in total. The van der Waals surface area contributed by atoms with Crippen LogP contribution in [0.2, 0.25) is 0 Å². The first-order valence-corrected chi connectivity index (χ1v) is 9.24. The second-order valence-electron chi connectivity index (χ2n) is 4.84. The quantitative estimate of drug-likeness (QED) is 0.720. The van der Waals surface area contributed by atoms with Gasteiger partial charge >= 0.3 is 0 Å². The molecule has 0 aliphatic heterocycles. The second kappa shape index (κ2) is 7.54. The summed E-state index contributed by atoms with van der Waals surface area (Å²) >= 11 is 1.62. The lowest BCUT2D eigenvalue weighted by molar-refractivity contribution is 0.474. The number of hydrogen-bond donors (Lipinski definition) is 0. The molecule has 0 aliphatic carbocycles. The normalized spacial score (nSPS) is 12.1. The molecule has 0 bridgehead atoms. The Labute approximate surface area is 136 Å². The lowest BCUT2D eigenvalue weighted by Gasteiger charge is -2.19. The molecule has 0 radical (unpaired) electrons. The minimum absolute atomic E-state index is 0.283. The summed E-state index contributed by atoms with van der Waals surface area (Å²) in [6.45, 7) is 6.19. The number of nitrogens with zero attached hydrogens (tertiary/aromatic N) is 1. The summed E-state index contributed by atoms with van der Waals surface area (Å²) in [5, 5.41) is 1.99. The molecule has 5 heteroatoms. The van der Waals surface area contributed by atoms with Crippen LogP contribution in [0.15, 0.2) is 65.4 Å². The highest BCUT2D eigenvalue weighted by atomic mass is 32.2. The van der Waals surface area contributed by atoms with Crippen molar-refractivity contribution < 1.29 is 8.42 Å². The lowest BCUT2D eigenvalue weighted by atomic mass is 10.2. The Bertz CT molecular complexity index is 729. The maximum atomic E-state index is 12.7. The lowest BCUT2D eigenvalue weighted by Crippen LogP contribution is -2.31. The van der Waals surface area contributed by atoms with Gasteiger partial charge in [-0.2, -0.15) is 4.31 Å². The van der Waals surface area contributed by atoms with E-state index in [2.05, 4.69) is 6.58 Å². The number of sulfonamides is 1. The van der Waals surface area contributed by atoms with Gasteiger partial charge < -0.3 is 0 Å². The van der Waals surface area contributed by atoms with Crippen LogP contribution in [0.5, 0.6) is 0 Å². The Morgan fingerprint density at radius 3 is 2.50 bits per heavy atom. The highest BCUT2D eigenvalue weighted by Gasteiger charge is 2.22. The fourth-order valence-corrected chi connectivity index (χ4v) is 3.95. The summed E-state index contributed by atoms with van der Waals surface area (Å²) in [5.41, 5.74) is 1.03. The third-order valence-electron chi connectivity index (χ3n) is 3.13. The largest absolute Gasteiger partial charge is 0.243 e. The van der Waals surface area contributed by atoms with E-state index in [1.165, 1.54) is 4.31 Å². The Hall–Kier alpha value is -1.69. The summed E-state index contributed by atoms with van der Waals surface area (Å²) < 4.78 is 26.8. The van der Waals surface area contributed by atoms with Crippen LogP contribution in [0.3, 0.4) is 0 Å².